The molecule has 0 aromatic rings. The van der Waals surface area contributed by atoms with Crippen molar-refractivity contribution in [1.29, 1.82) is 0 Å². The Hall–Kier alpha value is -0.570. The van der Waals surface area contributed by atoms with Gasteiger partial charge in [0.1, 0.15) is 0 Å². The number of hydrogen-bond acceptors (Lipinski definition) is 2. The lowest BCUT2D eigenvalue weighted by atomic mass is 10.0. The van der Waals surface area contributed by atoms with E-state index in [1.165, 1.54) is 0 Å². The summed E-state index contributed by atoms with van der Waals surface area (Å²) in [6, 6.07) is 0.204. The number of nitrogens with two attached hydrogens (primary N) is 1. The molecule has 1 amide bonds. The van der Waals surface area contributed by atoms with Gasteiger partial charge in [0.05, 0.1) is 6.04 Å². The summed E-state index contributed by atoms with van der Waals surface area (Å²) >= 11 is 0. The average molecular weight is 172 g/mol. The molecule has 0 radical (unpaired) electrons. The van der Waals surface area contributed by atoms with Crippen molar-refractivity contribution in [2.75, 3.05) is 7.05 Å². The molecule has 1 atom stereocenters. The topological polar surface area (TPSA) is 46.3 Å². The molecule has 0 heterocycles. The van der Waals surface area contributed by atoms with Crippen molar-refractivity contribution in [3.05, 3.63) is 0 Å². The molecule has 0 saturated carbocycles. The number of hydrogen-bond donors (Lipinski definition) is 1. The molecule has 72 valence electrons. The fourth-order valence-corrected chi connectivity index (χ4v) is 1.32. The third kappa shape index (κ3) is 2.81. The van der Waals surface area contributed by atoms with Gasteiger partial charge in [0.15, 0.2) is 0 Å². The van der Waals surface area contributed by atoms with Gasteiger partial charge in [-0.2, -0.15) is 0 Å². The van der Waals surface area contributed by atoms with Crippen molar-refractivity contribution in [3.63, 3.8) is 0 Å². The zero-order chi connectivity index (χ0) is 9.89. The van der Waals surface area contributed by atoms with Gasteiger partial charge in [0.2, 0.25) is 5.91 Å². The van der Waals surface area contributed by atoms with Crippen molar-refractivity contribution in [2.24, 2.45) is 11.7 Å². The van der Waals surface area contributed by atoms with Crippen LogP contribution in [0.3, 0.4) is 0 Å². The first kappa shape index (κ1) is 11.4. The Labute approximate surface area is 74.9 Å². The molecule has 3 nitrogen and oxygen atoms in total. The third-order valence-corrected chi connectivity index (χ3v) is 2.18. The van der Waals surface area contributed by atoms with Crippen molar-refractivity contribution in [1.82, 2.24) is 4.90 Å². The highest BCUT2D eigenvalue weighted by atomic mass is 16.1. The van der Waals surface area contributed by atoms with Gasteiger partial charge >= 0.3 is 0 Å². The van der Waals surface area contributed by atoms with Crippen LogP contribution < -0.4 is 5.73 Å². The maximum atomic E-state index is 11.1. The smallest absolute Gasteiger partial charge is 0.235 e. The van der Waals surface area contributed by atoms with E-state index in [1.54, 1.807) is 0 Å². The maximum Gasteiger partial charge on any atom is 0.235 e. The number of amides is 1. The Kier molecular flexibility index (Phi) is 4.24. The molecule has 0 unspecified atom stereocenters. The van der Waals surface area contributed by atoms with Crippen molar-refractivity contribution in [2.45, 2.75) is 39.8 Å². The first-order valence-electron chi connectivity index (χ1n) is 4.39. The predicted molar refractivity (Wildman–Crippen MR) is 50.7 cm³/mol. The summed E-state index contributed by atoms with van der Waals surface area (Å²) in [5.41, 5.74) is 5.30. The van der Waals surface area contributed by atoms with E-state index >= 15 is 0 Å². The van der Waals surface area contributed by atoms with E-state index in [-0.39, 0.29) is 17.9 Å². The molecule has 0 rings (SSSR count). The van der Waals surface area contributed by atoms with Gasteiger partial charge in [-0.25, -0.2) is 0 Å². The van der Waals surface area contributed by atoms with E-state index in [4.69, 9.17) is 5.73 Å². The summed E-state index contributed by atoms with van der Waals surface area (Å²) in [6.45, 7) is 8.12. The summed E-state index contributed by atoms with van der Waals surface area (Å²) in [7, 11) is 1.93. The zero-order valence-electron chi connectivity index (χ0n) is 8.66. The summed E-state index contributed by atoms with van der Waals surface area (Å²) < 4.78 is 0. The fourth-order valence-electron chi connectivity index (χ4n) is 1.32. The first-order valence-corrected chi connectivity index (χ1v) is 4.39. The van der Waals surface area contributed by atoms with E-state index in [0.717, 1.165) is 0 Å². The summed E-state index contributed by atoms with van der Waals surface area (Å²) in [4.78, 5) is 13.1. The minimum Gasteiger partial charge on any atom is -0.368 e. The Morgan fingerprint density at radius 1 is 1.25 bits per heavy atom. The van der Waals surface area contributed by atoms with Crippen LogP contribution in [0.2, 0.25) is 0 Å². The van der Waals surface area contributed by atoms with Gasteiger partial charge in [-0.1, -0.05) is 13.8 Å². The summed E-state index contributed by atoms with van der Waals surface area (Å²) in [5, 5.41) is 0. The highest BCUT2D eigenvalue weighted by Gasteiger charge is 2.25. The van der Waals surface area contributed by atoms with Gasteiger partial charge < -0.3 is 5.73 Å². The minimum absolute atomic E-state index is 0.148. The zero-order valence-corrected chi connectivity index (χ0v) is 8.66. The average Bonchev–Trinajstić information content (AvgIpc) is 1.85. The van der Waals surface area contributed by atoms with Crippen LogP contribution >= 0.6 is 0 Å². The van der Waals surface area contributed by atoms with Crippen molar-refractivity contribution in [3.8, 4) is 0 Å². The number of nitrogens with zero attached hydrogens (tertiary/aromatic N) is 1. The van der Waals surface area contributed by atoms with E-state index in [1.807, 2.05) is 25.8 Å². The Morgan fingerprint density at radius 2 is 1.67 bits per heavy atom. The maximum absolute atomic E-state index is 11.1. The summed E-state index contributed by atoms with van der Waals surface area (Å²) in [5.74, 6) is 0.0381. The second-order valence-corrected chi connectivity index (χ2v) is 3.85. The Balaban J connectivity index is 4.40. The second-order valence-electron chi connectivity index (χ2n) is 3.85. The van der Waals surface area contributed by atoms with Gasteiger partial charge in [-0.15, -0.1) is 0 Å². The third-order valence-electron chi connectivity index (χ3n) is 2.18. The van der Waals surface area contributed by atoms with Crippen LogP contribution in [-0.2, 0) is 4.79 Å². The van der Waals surface area contributed by atoms with Gasteiger partial charge in [0, 0.05) is 6.04 Å². The molecule has 0 bridgehead atoms. The number of carbonyl (C=O) groups is 1. The number of rotatable bonds is 4. The standard InChI is InChI=1S/C9H20N2O/c1-6(2)8(9(10)12)11(5)7(3)4/h6-8H,1-5H3,(H2,10,12)/t8-/m1/s1. The van der Waals surface area contributed by atoms with Gasteiger partial charge in [0.25, 0.3) is 0 Å². The molecular formula is C9H20N2O. The molecule has 0 spiro atoms. The normalized spacial score (nSPS) is 14.3. The van der Waals surface area contributed by atoms with E-state index in [0.29, 0.717) is 6.04 Å². The molecule has 0 aliphatic carbocycles. The lowest BCUT2D eigenvalue weighted by Gasteiger charge is -2.31. The highest BCUT2D eigenvalue weighted by Crippen LogP contribution is 2.11. The Bertz CT molecular complexity index is 155. The van der Waals surface area contributed by atoms with Crippen LogP contribution in [0.5, 0.6) is 0 Å². The molecule has 0 aliphatic heterocycles. The SMILES string of the molecule is CC(C)[C@H](C(N)=O)N(C)C(C)C. The second kappa shape index (κ2) is 4.45. The molecule has 12 heavy (non-hydrogen) atoms. The molecular weight excluding hydrogens is 152 g/mol. The number of carbonyl (C=O) groups excluding carboxylic acids is 1. The molecule has 0 aromatic heterocycles. The first-order chi connectivity index (χ1) is 5.37. The highest BCUT2D eigenvalue weighted by molar-refractivity contribution is 5.80. The monoisotopic (exact) mass is 172 g/mol. The Morgan fingerprint density at radius 3 is 1.75 bits per heavy atom. The van der Waals surface area contributed by atoms with Crippen LogP contribution in [-0.4, -0.2) is 29.9 Å². The lowest BCUT2D eigenvalue weighted by molar-refractivity contribution is -0.124. The molecule has 0 aromatic carbocycles. The predicted octanol–water partition coefficient (Wildman–Crippen LogP) is 0.836. The van der Waals surface area contributed by atoms with Crippen LogP contribution in [0.25, 0.3) is 0 Å². The minimum atomic E-state index is -0.235. The van der Waals surface area contributed by atoms with E-state index in [2.05, 4.69) is 13.8 Å². The summed E-state index contributed by atoms with van der Waals surface area (Å²) in [6.07, 6.45) is 0. The molecule has 0 aliphatic rings. The van der Waals surface area contributed by atoms with Gasteiger partial charge in [-0.05, 0) is 26.8 Å². The van der Waals surface area contributed by atoms with Crippen LogP contribution in [0.1, 0.15) is 27.7 Å². The molecule has 0 saturated heterocycles. The van der Waals surface area contributed by atoms with E-state index in [9.17, 15) is 4.79 Å². The molecule has 0 fully saturated rings. The van der Waals surface area contributed by atoms with Crippen molar-refractivity contribution >= 4 is 5.91 Å². The molecule has 3 heteroatoms. The fraction of sp³-hybridized carbons (Fsp3) is 0.889. The lowest BCUT2D eigenvalue weighted by Crippen LogP contribution is -2.48. The van der Waals surface area contributed by atoms with Crippen LogP contribution in [0, 0.1) is 5.92 Å². The van der Waals surface area contributed by atoms with Crippen molar-refractivity contribution < 1.29 is 4.79 Å². The van der Waals surface area contributed by atoms with Crippen LogP contribution in [0.15, 0.2) is 0 Å². The largest absolute Gasteiger partial charge is 0.368 e. The molecule has 2 N–H and O–H groups in total. The van der Waals surface area contributed by atoms with Crippen LogP contribution in [0.4, 0.5) is 0 Å². The number of likely N-dealkylation sites (N-methyl/N-ethyl adjacent to an activating group) is 1. The van der Waals surface area contributed by atoms with Gasteiger partial charge in [-0.3, -0.25) is 9.69 Å². The quantitative estimate of drug-likeness (QED) is 0.683. The number of primary amides is 1. The van der Waals surface area contributed by atoms with E-state index < -0.39 is 0 Å².